The van der Waals surface area contributed by atoms with Crippen LogP contribution in [0, 0.1) is 0 Å². The van der Waals surface area contributed by atoms with Crippen LogP contribution < -0.4 is 5.32 Å². The van der Waals surface area contributed by atoms with Crippen LogP contribution in [0.5, 0.6) is 0 Å². The maximum Gasteiger partial charge on any atom is 0.317 e. The van der Waals surface area contributed by atoms with Gasteiger partial charge in [-0.15, -0.1) is 0 Å². The Bertz CT molecular complexity index is 416. The summed E-state index contributed by atoms with van der Waals surface area (Å²) in [5.41, 5.74) is 0. The fraction of sp³-hybridized carbons (Fsp3) is 0.714. The zero-order chi connectivity index (χ0) is 20.1. The summed E-state index contributed by atoms with van der Waals surface area (Å²) in [5, 5.41) is 38.2. The van der Waals surface area contributed by atoms with Gasteiger partial charge in [0.25, 0.3) is 0 Å². The molecular weight excluding hydrogens is 352 g/mol. The molecule has 0 aromatic carbocycles. The number of carboxylic acid groups (broad SMARTS) is 4. The van der Waals surface area contributed by atoms with E-state index < -0.39 is 50.1 Å². The Morgan fingerprint density at radius 2 is 0.885 bits per heavy atom. The molecule has 5 N–H and O–H groups in total. The molecule has 0 atom stereocenters. The van der Waals surface area contributed by atoms with Gasteiger partial charge in [-0.25, -0.2) is 0 Å². The normalized spacial score (nSPS) is 11.2. The zero-order valence-electron chi connectivity index (χ0n) is 14.6. The van der Waals surface area contributed by atoms with E-state index in [0.29, 0.717) is 19.8 Å². The van der Waals surface area contributed by atoms with Gasteiger partial charge in [-0.05, 0) is 7.05 Å². The predicted molar refractivity (Wildman–Crippen MR) is 88.9 cm³/mol. The van der Waals surface area contributed by atoms with Crippen molar-refractivity contribution in [2.24, 2.45) is 0 Å². The average molecular weight is 378 g/mol. The Morgan fingerprint density at radius 1 is 0.615 bits per heavy atom. The van der Waals surface area contributed by atoms with E-state index in [2.05, 4.69) is 5.32 Å². The molecule has 0 spiro atoms. The molecule has 12 nitrogen and oxygen atoms in total. The first-order valence-corrected chi connectivity index (χ1v) is 7.82. The molecule has 0 aromatic rings. The second kappa shape index (κ2) is 13.0. The molecule has 0 saturated carbocycles. The second-order valence-corrected chi connectivity index (χ2v) is 5.63. The lowest BCUT2D eigenvalue weighted by atomic mass is 10.3. The Morgan fingerprint density at radius 3 is 1.12 bits per heavy atom. The fourth-order valence-corrected chi connectivity index (χ4v) is 2.25. The fourth-order valence-electron chi connectivity index (χ4n) is 2.25. The zero-order valence-corrected chi connectivity index (χ0v) is 14.6. The molecule has 12 heteroatoms. The molecule has 0 unspecified atom stereocenters. The third-order valence-electron chi connectivity index (χ3n) is 3.28. The van der Waals surface area contributed by atoms with Crippen LogP contribution in [0.2, 0.25) is 0 Å². The number of rotatable bonds is 16. The summed E-state index contributed by atoms with van der Waals surface area (Å²) >= 11 is 0. The number of nitrogens with zero attached hydrogens (tertiary/aromatic N) is 3. The van der Waals surface area contributed by atoms with Gasteiger partial charge < -0.3 is 25.7 Å². The minimum atomic E-state index is -1.14. The minimum absolute atomic E-state index is 0.179. The Hall–Kier alpha value is -2.28. The van der Waals surface area contributed by atoms with Crippen molar-refractivity contribution in [3.8, 4) is 0 Å². The molecule has 0 aliphatic heterocycles. The third kappa shape index (κ3) is 13.1. The van der Waals surface area contributed by atoms with Crippen molar-refractivity contribution >= 4 is 23.9 Å². The number of aliphatic carboxylic acids is 4. The SMILES string of the molecule is CNCN(CCN(CC(=O)O)CC(=O)O)CCN(CC(=O)O)CC(=O)O. The van der Waals surface area contributed by atoms with Gasteiger partial charge in [-0.1, -0.05) is 0 Å². The Balaban J connectivity index is 4.67. The van der Waals surface area contributed by atoms with Crippen LogP contribution in [0.4, 0.5) is 0 Å². The van der Waals surface area contributed by atoms with Gasteiger partial charge in [-0.3, -0.25) is 33.9 Å². The van der Waals surface area contributed by atoms with Crippen LogP contribution in [0.15, 0.2) is 0 Å². The first-order valence-electron chi connectivity index (χ1n) is 7.82. The molecule has 0 aliphatic carbocycles. The van der Waals surface area contributed by atoms with Gasteiger partial charge in [0.05, 0.1) is 26.2 Å². The molecule has 0 heterocycles. The van der Waals surface area contributed by atoms with Crippen LogP contribution in [0.25, 0.3) is 0 Å². The average Bonchev–Trinajstić information content (AvgIpc) is 2.47. The van der Waals surface area contributed by atoms with Gasteiger partial charge in [0, 0.05) is 32.8 Å². The smallest absolute Gasteiger partial charge is 0.317 e. The van der Waals surface area contributed by atoms with Crippen LogP contribution in [-0.2, 0) is 19.2 Å². The maximum absolute atomic E-state index is 10.8. The van der Waals surface area contributed by atoms with Crippen molar-refractivity contribution in [3.05, 3.63) is 0 Å². The molecule has 0 aliphatic rings. The summed E-state index contributed by atoms with van der Waals surface area (Å²) in [4.78, 5) is 47.6. The Labute approximate surface area is 150 Å². The molecule has 0 fully saturated rings. The number of carboxylic acids is 4. The Kier molecular flexibility index (Phi) is 11.9. The van der Waals surface area contributed by atoms with Gasteiger partial charge in [0.2, 0.25) is 0 Å². The minimum Gasteiger partial charge on any atom is -0.480 e. The topological polar surface area (TPSA) is 171 Å². The summed E-state index contributed by atoms with van der Waals surface area (Å²) in [6.45, 7) is -0.246. The second-order valence-electron chi connectivity index (χ2n) is 5.63. The van der Waals surface area contributed by atoms with Crippen LogP contribution in [-0.4, -0.2) is 125 Å². The van der Waals surface area contributed by atoms with E-state index >= 15 is 0 Å². The number of nitrogens with one attached hydrogen (secondary N) is 1. The van der Waals surface area contributed by atoms with Crippen LogP contribution >= 0.6 is 0 Å². The number of hydrogen-bond acceptors (Lipinski definition) is 8. The summed E-state index contributed by atoms with van der Waals surface area (Å²) in [5.74, 6) is -4.55. The first kappa shape index (κ1) is 23.7. The standard InChI is InChI=1S/C14H26N4O8/c1-15-10-16(2-4-17(6-11(19)20)7-12(21)22)3-5-18(8-13(23)24)9-14(25)26/h15H,2-10H2,1H3,(H,19,20)(H,21,22)(H,23,24)(H,25,26). The van der Waals surface area contributed by atoms with Gasteiger partial charge in [-0.2, -0.15) is 0 Å². The van der Waals surface area contributed by atoms with Crippen LogP contribution in [0.1, 0.15) is 0 Å². The van der Waals surface area contributed by atoms with Crippen LogP contribution in [0.3, 0.4) is 0 Å². The quantitative estimate of drug-likeness (QED) is 0.178. The molecule has 0 bridgehead atoms. The van der Waals surface area contributed by atoms with Crippen molar-refractivity contribution in [1.82, 2.24) is 20.0 Å². The molecule has 0 radical (unpaired) electrons. The maximum atomic E-state index is 10.8. The third-order valence-corrected chi connectivity index (χ3v) is 3.28. The van der Waals surface area contributed by atoms with E-state index in [-0.39, 0.29) is 13.1 Å². The number of hydrogen-bond donors (Lipinski definition) is 5. The highest BCUT2D eigenvalue weighted by molar-refractivity contribution is 5.73. The van der Waals surface area contributed by atoms with Gasteiger partial charge in [0.1, 0.15) is 0 Å². The van der Waals surface area contributed by atoms with Crippen molar-refractivity contribution < 1.29 is 39.6 Å². The van der Waals surface area contributed by atoms with E-state index in [1.165, 1.54) is 9.80 Å². The van der Waals surface area contributed by atoms with Crippen molar-refractivity contribution in [3.63, 3.8) is 0 Å². The molecule has 0 rings (SSSR count). The van der Waals surface area contributed by atoms with Gasteiger partial charge in [0.15, 0.2) is 0 Å². The van der Waals surface area contributed by atoms with E-state index in [1.54, 1.807) is 7.05 Å². The van der Waals surface area contributed by atoms with Crippen molar-refractivity contribution in [1.29, 1.82) is 0 Å². The monoisotopic (exact) mass is 378 g/mol. The summed E-state index contributed by atoms with van der Waals surface area (Å²) in [6, 6.07) is 0. The highest BCUT2D eigenvalue weighted by atomic mass is 16.4. The van der Waals surface area contributed by atoms with Gasteiger partial charge >= 0.3 is 23.9 Å². The lowest BCUT2D eigenvalue weighted by Crippen LogP contribution is -2.46. The summed E-state index contributed by atoms with van der Waals surface area (Å²) < 4.78 is 0. The van der Waals surface area contributed by atoms with E-state index in [4.69, 9.17) is 20.4 Å². The van der Waals surface area contributed by atoms with E-state index in [1.807, 2.05) is 4.90 Å². The van der Waals surface area contributed by atoms with Crippen molar-refractivity contribution in [2.45, 2.75) is 0 Å². The molecule has 0 amide bonds. The molecule has 0 aromatic heterocycles. The highest BCUT2D eigenvalue weighted by Gasteiger charge is 2.17. The first-order chi connectivity index (χ1) is 12.1. The summed E-state index contributed by atoms with van der Waals surface area (Å²) in [7, 11) is 1.69. The number of carbonyl (C=O) groups is 4. The molecular formula is C14H26N4O8. The molecule has 150 valence electrons. The largest absolute Gasteiger partial charge is 0.480 e. The molecule has 0 saturated heterocycles. The highest BCUT2D eigenvalue weighted by Crippen LogP contribution is 1.96. The lowest BCUT2D eigenvalue weighted by molar-refractivity contribution is -0.143. The molecule has 26 heavy (non-hydrogen) atoms. The van der Waals surface area contributed by atoms with E-state index in [9.17, 15) is 19.2 Å². The lowest BCUT2D eigenvalue weighted by Gasteiger charge is -2.28. The predicted octanol–water partition coefficient (Wildman–Crippen LogP) is -2.59. The van der Waals surface area contributed by atoms with Crippen molar-refractivity contribution in [2.75, 3.05) is 66.1 Å². The van der Waals surface area contributed by atoms with E-state index in [0.717, 1.165) is 0 Å². The summed E-state index contributed by atoms with van der Waals surface area (Å²) in [6.07, 6.45) is 0.